The lowest BCUT2D eigenvalue weighted by molar-refractivity contribution is -0.189. The molecule has 3 unspecified atom stereocenters. The Labute approximate surface area is 163 Å². The fourth-order valence-electron chi connectivity index (χ4n) is 2.59. The van der Waals surface area contributed by atoms with Gasteiger partial charge in [-0.1, -0.05) is 11.1 Å². The van der Waals surface area contributed by atoms with E-state index in [-0.39, 0.29) is 17.4 Å². The van der Waals surface area contributed by atoms with Gasteiger partial charge in [-0.3, -0.25) is 19.0 Å². The fraction of sp³-hybridized carbons (Fsp3) is 0.588. The van der Waals surface area contributed by atoms with E-state index < -0.39 is 40.6 Å². The molecule has 2 rings (SSSR count). The van der Waals surface area contributed by atoms with Crippen molar-refractivity contribution in [2.24, 2.45) is 4.99 Å². The molecular formula is C17H21F3N3O4S-. The number of amides is 1. The molecule has 1 fully saturated rings. The van der Waals surface area contributed by atoms with Crippen molar-refractivity contribution in [1.29, 1.82) is 0 Å². The number of aromatic nitrogens is 1. The lowest BCUT2D eigenvalue weighted by atomic mass is 10.1. The van der Waals surface area contributed by atoms with Crippen LogP contribution in [0.5, 0.6) is 5.75 Å². The molecule has 1 N–H and O–H groups in total. The number of rotatable bonds is 8. The molecule has 0 radical (unpaired) electrons. The van der Waals surface area contributed by atoms with Gasteiger partial charge in [0.1, 0.15) is 11.4 Å². The molecule has 156 valence electrons. The topological polar surface area (TPSA) is 104 Å². The van der Waals surface area contributed by atoms with Gasteiger partial charge in [-0.2, -0.15) is 13.2 Å². The largest absolute Gasteiger partial charge is 0.772 e. The van der Waals surface area contributed by atoms with E-state index in [0.29, 0.717) is 5.56 Å². The minimum Gasteiger partial charge on any atom is -0.772 e. The zero-order chi connectivity index (χ0) is 21.1. The van der Waals surface area contributed by atoms with Gasteiger partial charge in [0.15, 0.2) is 6.10 Å². The Hall–Kier alpha value is -2.01. The molecule has 1 aliphatic rings. The third-order valence-electron chi connectivity index (χ3n) is 4.14. The van der Waals surface area contributed by atoms with Crippen molar-refractivity contribution in [2.45, 2.75) is 50.4 Å². The fourth-order valence-corrected chi connectivity index (χ4v) is 3.23. The number of aliphatic imine (C=N–C) groups is 1. The number of ether oxygens (including phenoxy) is 1. The summed E-state index contributed by atoms with van der Waals surface area (Å²) >= 11 is -2.46. The number of pyridine rings is 1. The Morgan fingerprint density at radius 1 is 1.54 bits per heavy atom. The highest BCUT2D eigenvalue weighted by Gasteiger charge is 2.39. The summed E-state index contributed by atoms with van der Waals surface area (Å²) in [5.41, 5.74) is -0.956. The van der Waals surface area contributed by atoms with Crippen LogP contribution in [0.2, 0.25) is 0 Å². The first kappa shape index (κ1) is 22.3. The summed E-state index contributed by atoms with van der Waals surface area (Å²) in [5, 5.41) is 2.50. The summed E-state index contributed by atoms with van der Waals surface area (Å²) in [5.74, 6) is -1.17. The molecular weight excluding hydrogens is 399 g/mol. The summed E-state index contributed by atoms with van der Waals surface area (Å²) in [6.07, 6.45) is -2.39. The van der Waals surface area contributed by atoms with Gasteiger partial charge in [0, 0.05) is 36.8 Å². The molecule has 3 atom stereocenters. The Morgan fingerprint density at radius 2 is 2.18 bits per heavy atom. The van der Waals surface area contributed by atoms with E-state index in [1.165, 1.54) is 26.4 Å². The predicted octanol–water partition coefficient (Wildman–Crippen LogP) is 2.36. The van der Waals surface area contributed by atoms with E-state index in [1.807, 2.05) is 0 Å². The van der Waals surface area contributed by atoms with Crippen molar-refractivity contribution in [2.75, 3.05) is 12.8 Å². The molecule has 1 amide bonds. The summed E-state index contributed by atoms with van der Waals surface area (Å²) in [6.45, 7) is 2.34. The number of hydrogen-bond acceptors (Lipinski definition) is 6. The van der Waals surface area contributed by atoms with E-state index in [1.54, 1.807) is 0 Å². The maximum atomic E-state index is 12.9. The third kappa shape index (κ3) is 5.99. The first-order valence-electron chi connectivity index (χ1n) is 8.50. The van der Waals surface area contributed by atoms with Crippen molar-refractivity contribution >= 4 is 23.2 Å². The average molecular weight is 420 g/mol. The number of alkyl halides is 3. The highest BCUT2D eigenvalue weighted by atomic mass is 32.2. The van der Waals surface area contributed by atoms with E-state index in [4.69, 9.17) is 4.74 Å². The molecule has 1 heterocycles. The van der Waals surface area contributed by atoms with Crippen LogP contribution in [0.3, 0.4) is 0 Å². The Balaban J connectivity index is 2.28. The van der Waals surface area contributed by atoms with Gasteiger partial charge in [0.25, 0.3) is 5.91 Å². The predicted molar refractivity (Wildman–Crippen MR) is 96.4 cm³/mol. The van der Waals surface area contributed by atoms with E-state index in [9.17, 15) is 26.7 Å². The summed E-state index contributed by atoms with van der Waals surface area (Å²) in [6, 6.07) is 1.16. The molecule has 1 saturated carbocycles. The van der Waals surface area contributed by atoms with Crippen LogP contribution >= 0.6 is 0 Å². The van der Waals surface area contributed by atoms with Gasteiger partial charge in [0.2, 0.25) is 0 Å². The molecule has 0 aromatic carbocycles. The highest BCUT2D eigenvalue weighted by Crippen LogP contribution is 2.44. The summed E-state index contributed by atoms with van der Waals surface area (Å²) < 4.78 is 65.8. The smallest absolute Gasteiger partial charge is 0.425 e. The first-order valence-corrected chi connectivity index (χ1v) is 9.74. The van der Waals surface area contributed by atoms with Crippen molar-refractivity contribution in [1.82, 2.24) is 10.3 Å². The number of carbonyl (C=O) groups is 1. The lowest BCUT2D eigenvalue weighted by Crippen LogP contribution is -2.51. The number of hydrogen-bond donors (Lipinski definition) is 1. The van der Waals surface area contributed by atoms with Crippen LogP contribution in [0.1, 0.15) is 48.7 Å². The maximum Gasteiger partial charge on any atom is 0.425 e. The second kappa shape index (κ2) is 8.56. The normalized spacial score (nSPS) is 19.1. The van der Waals surface area contributed by atoms with Crippen molar-refractivity contribution in [3.8, 4) is 5.75 Å². The van der Waals surface area contributed by atoms with Crippen LogP contribution in [-0.2, 0) is 11.1 Å². The van der Waals surface area contributed by atoms with Gasteiger partial charge in [0.05, 0.1) is 5.54 Å². The van der Waals surface area contributed by atoms with E-state index >= 15 is 0 Å². The van der Waals surface area contributed by atoms with Crippen LogP contribution in [0, 0.1) is 0 Å². The number of carbonyl (C=O) groups excluding carboxylic acids is 1. The Bertz CT molecular complexity index is 783. The van der Waals surface area contributed by atoms with Crippen LogP contribution in [-0.4, -0.2) is 56.5 Å². The number of halogens is 3. The standard InChI is InChI=1S/C17H22F3N3O4S/c1-10(17(18,19)20)27-14-6-13(22-7-12(14)11-4-5-11)15(24)23-16(2,8-21-3)9-28(25)26/h6-8,10-11H,4-5,9H2,1-3H3,(H,23,24)(H,25,26)/p-1. The Kier molecular flexibility index (Phi) is 6.81. The monoisotopic (exact) mass is 420 g/mol. The third-order valence-corrected chi connectivity index (χ3v) is 4.98. The quantitative estimate of drug-likeness (QED) is 0.514. The Morgan fingerprint density at radius 3 is 2.68 bits per heavy atom. The molecule has 0 spiro atoms. The van der Waals surface area contributed by atoms with Crippen LogP contribution < -0.4 is 10.1 Å². The lowest BCUT2D eigenvalue weighted by Gasteiger charge is -2.27. The molecule has 28 heavy (non-hydrogen) atoms. The first-order chi connectivity index (χ1) is 12.9. The van der Waals surface area contributed by atoms with Crippen molar-refractivity contribution < 1.29 is 31.5 Å². The molecule has 11 heteroatoms. The van der Waals surface area contributed by atoms with Gasteiger partial charge in [-0.05, 0) is 32.6 Å². The van der Waals surface area contributed by atoms with Gasteiger partial charge < -0.3 is 14.6 Å². The molecule has 7 nitrogen and oxygen atoms in total. The molecule has 0 saturated heterocycles. The van der Waals surface area contributed by atoms with Crippen LogP contribution in [0.25, 0.3) is 0 Å². The zero-order valence-electron chi connectivity index (χ0n) is 15.6. The zero-order valence-corrected chi connectivity index (χ0v) is 16.4. The molecule has 0 bridgehead atoms. The average Bonchev–Trinajstić information content (AvgIpc) is 3.37. The van der Waals surface area contributed by atoms with E-state index in [2.05, 4.69) is 15.3 Å². The summed E-state index contributed by atoms with van der Waals surface area (Å²) in [4.78, 5) is 20.3. The molecule has 1 aromatic rings. The minimum absolute atomic E-state index is 0.0502. The van der Waals surface area contributed by atoms with Crippen LogP contribution in [0.15, 0.2) is 17.3 Å². The van der Waals surface area contributed by atoms with Gasteiger partial charge in [-0.15, -0.1) is 0 Å². The van der Waals surface area contributed by atoms with E-state index in [0.717, 1.165) is 25.8 Å². The number of nitrogens with zero attached hydrogens (tertiary/aromatic N) is 2. The minimum atomic E-state index is -4.55. The summed E-state index contributed by atoms with van der Waals surface area (Å²) in [7, 11) is 1.42. The SMILES string of the molecule is CN=CC(C)(CS(=O)[O-])NC(=O)c1cc(OC(C)C(F)(F)F)c(C2CC2)cn1. The van der Waals surface area contributed by atoms with Crippen molar-refractivity contribution in [3.05, 3.63) is 23.5 Å². The molecule has 1 aliphatic carbocycles. The van der Waals surface area contributed by atoms with Gasteiger partial charge >= 0.3 is 6.18 Å². The molecule has 1 aromatic heterocycles. The molecule has 0 aliphatic heterocycles. The highest BCUT2D eigenvalue weighted by molar-refractivity contribution is 7.79. The van der Waals surface area contributed by atoms with Gasteiger partial charge in [-0.25, -0.2) is 0 Å². The maximum absolute atomic E-state index is 12.9. The van der Waals surface area contributed by atoms with Crippen LogP contribution in [0.4, 0.5) is 13.2 Å². The second-order valence-electron chi connectivity index (χ2n) is 6.89. The second-order valence-corrected chi connectivity index (χ2v) is 7.79. The number of nitrogens with one attached hydrogen (secondary N) is 1. The van der Waals surface area contributed by atoms with Crippen molar-refractivity contribution in [3.63, 3.8) is 0 Å².